The van der Waals surface area contributed by atoms with Crippen molar-refractivity contribution in [1.82, 2.24) is 9.38 Å². The minimum Gasteiger partial charge on any atom is -0.383 e. The number of hydrogen-bond donors (Lipinski definition) is 1. The lowest BCUT2D eigenvalue weighted by Crippen LogP contribution is -1.92. The van der Waals surface area contributed by atoms with E-state index >= 15 is 0 Å². The molecule has 0 saturated carbocycles. The Morgan fingerprint density at radius 2 is 2.27 bits per heavy atom. The normalized spacial score (nSPS) is 10.6. The summed E-state index contributed by atoms with van der Waals surface area (Å²) >= 11 is 0. The maximum atomic E-state index is 5.65. The maximum Gasteiger partial charge on any atom is 0.138 e. The van der Waals surface area contributed by atoms with E-state index in [0.717, 1.165) is 5.65 Å². The van der Waals surface area contributed by atoms with E-state index in [9.17, 15) is 0 Å². The van der Waals surface area contributed by atoms with Gasteiger partial charge >= 0.3 is 0 Å². The average molecular weight is 147 g/mol. The summed E-state index contributed by atoms with van der Waals surface area (Å²) in [5.41, 5.74) is 7.72. The predicted molar refractivity (Wildman–Crippen MR) is 44.3 cm³/mol. The van der Waals surface area contributed by atoms with E-state index in [2.05, 4.69) is 4.98 Å². The van der Waals surface area contributed by atoms with Crippen LogP contribution in [-0.2, 0) is 0 Å². The van der Waals surface area contributed by atoms with Gasteiger partial charge in [0.15, 0.2) is 0 Å². The first-order valence-electron chi connectivity index (χ1n) is 3.46. The molecular weight excluding hydrogens is 138 g/mol. The molecule has 3 heteroatoms. The van der Waals surface area contributed by atoms with Gasteiger partial charge in [0, 0.05) is 6.20 Å². The topological polar surface area (TPSA) is 43.3 Å². The molecule has 0 aliphatic rings. The van der Waals surface area contributed by atoms with Crippen LogP contribution in [0.3, 0.4) is 0 Å². The summed E-state index contributed by atoms with van der Waals surface area (Å²) in [5.74, 6) is 0.684. The van der Waals surface area contributed by atoms with Crippen LogP contribution >= 0.6 is 0 Å². The number of aryl methyl sites for hydroxylation is 1. The number of anilines is 1. The highest BCUT2D eigenvalue weighted by Gasteiger charge is 1.96. The maximum absolute atomic E-state index is 5.65. The van der Waals surface area contributed by atoms with Crippen LogP contribution in [0.25, 0.3) is 5.65 Å². The number of rotatable bonds is 0. The van der Waals surface area contributed by atoms with E-state index in [1.165, 1.54) is 5.56 Å². The summed E-state index contributed by atoms with van der Waals surface area (Å²) < 4.78 is 1.87. The lowest BCUT2D eigenvalue weighted by atomic mass is 10.3. The summed E-state index contributed by atoms with van der Waals surface area (Å²) in [6, 6.07) is 3.97. The van der Waals surface area contributed by atoms with Crippen LogP contribution in [0.5, 0.6) is 0 Å². The Balaban J connectivity index is 2.87. The molecule has 2 N–H and O–H groups in total. The zero-order valence-electron chi connectivity index (χ0n) is 6.28. The first kappa shape index (κ1) is 6.22. The summed E-state index contributed by atoms with van der Waals surface area (Å²) in [6.45, 7) is 2.03. The summed E-state index contributed by atoms with van der Waals surface area (Å²) in [5, 5.41) is 0. The molecule has 0 saturated heterocycles. The highest BCUT2D eigenvalue weighted by atomic mass is 15.1. The van der Waals surface area contributed by atoms with Gasteiger partial charge in [0.1, 0.15) is 11.5 Å². The molecule has 56 valence electrons. The van der Waals surface area contributed by atoms with Crippen molar-refractivity contribution >= 4 is 11.5 Å². The summed E-state index contributed by atoms with van der Waals surface area (Å²) in [4.78, 5) is 4.10. The Labute approximate surface area is 64.5 Å². The molecule has 2 aromatic heterocycles. The van der Waals surface area contributed by atoms with Crippen molar-refractivity contribution in [1.29, 1.82) is 0 Å². The number of hydrogen-bond acceptors (Lipinski definition) is 2. The zero-order valence-corrected chi connectivity index (χ0v) is 6.28. The fourth-order valence-corrected chi connectivity index (χ4v) is 1.11. The predicted octanol–water partition coefficient (Wildman–Crippen LogP) is 1.22. The number of nitrogens with zero attached hydrogens (tertiary/aromatic N) is 2. The van der Waals surface area contributed by atoms with Gasteiger partial charge in [-0.1, -0.05) is 6.07 Å². The van der Waals surface area contributed by atoms with Crippen molar-refractivity contribution in [2.45, 2.75) is 6.92 Å². The number of pyridine rings is 1. The molecule has 2 heterocycles. The second-order valence-corrected chi connectivity index (χ2v) is 2.62. The first-order valence-corrected chi connectivity index (χ1v) is 3.46. The first-order chi connectivity index (χ1) is 5.27. The monoisotopic (exact) mass is 147 g/mol. The molecule has 0 spiro atoms. The molecule has 0 atom stereocenters. The van der Waals surface area contributed by atoms with E-state index in [1.807, 2.05) is 29.7 Å². The van der Waals surface area contributed by atoms with Gasteiger partial charge in [-0.05, 0) is 18.6 Å². The third kappa shape index (κ3) is 0.852. The Hall–Kier alpha value is -1.51. The number of aromatic nitrogens is 2. The largest absolute Gasteiger partial charge is 0.383 e. The van der Waals surface area contributed by atoms with Crippen LogP contribution < -0.4 is 5.73 Å². The number of imidazole rings is 1. The molecular formula is C8H9N3. The molecule has 0 radical (unpaired) electrons. The fourth-order valence-electron chi connectivity index (χ4n) is 1.11. The van der Waals surface area contributed by atoms with E-state index < -0.39 is 0 Å². The van der Waals surface area contributed by atoms with Crippen LogP contribution in [0.4, 0.5) is 5.82 Å². The number of nitrogens with two attached hydrogens (primary N) is 1. The van der Waals surface area contributed by atoms with Gasteiger partial charge in [-0.15, -0.1) is 0 Å². The summed E-state index contributed by atoms with van der Waals surface area (Å²) in [6.07, 6.45) is 3.63. The van der Waals surface area contributed by atoms with Gasteiger partial charge in [0.25, 0.3) is 0 Å². The van der Waals surface area contributed by atoms with Gasteiger partial charge in [-0.2, -0.15) is 0 Å². The molecule has 2 rings (SSSR count). The SMILES string of the molecule is Cc1ccc2ncc(N)n2c1. The van der Waals surface area contributed by atoms with Crippen molar-refractivity contribution in [3.63, 3.8) is 0 Å². The standard InChI is InChI=1S/C8H9N3/c1-6-2-3-8-10-4-7(9)11(8)5-6/h2-5H,9H2,1H3. The quantitative estimate of drug-likeness (QED) is 0.609. The molecule has 11 heavy (non-hydrogen) atoms. The molecule has 0 aliphatic carbocycles. The minimum absolute atomic E-state index is 0.684. The molecule has 0 unspecified atom stereocenters. The van der Waals surface area contributed by atoms with Gasteiger partial charge in [0.05, 0.1) is 6.20 Å². The van der Waals surface area contributed by atoms with E-state index in [-0.39, 0.29) is 0 Å². The van der Waals surface area contributed by atoms with E-state index in [1.54, 1.807) is 6.20 Å². The summed E-state index contributed by atoms with van der Waals surface area (Å²) in [7, 11) is 0. The second kappa shape index (κ2) is 1.99. The zero-order chi connectivity index (χ0) is 7.84. The number of nitrogen functional groups attached to an aromatic ring is 1. The molecule has 0 aromatic carbocycles. The molecule has 0 aliphatic heterocycles. The molecule has 0 bridgehead atoms. The van der Waals surface area contributed by atoms with Gasteiger partial charge in [0.2, 0.25) is 0 Å². The van der Waals surface area contributed by atoms with Crippen molar-refractivity contribution in [2.75, 3.05) is 5.73 Å². The highest BCUT2D eigenvalue weighted by Crippen LogP contribution is 2.08. The van der Waals surface area contributed by atoms with Crippen LogP contribution in [0.1, 0.15) is 5.56 Å². The van der Waals surface area contributed by atoms with Gasteiger partial charge in [-0.3, -0.25) is 4.40 Å². The average Bonchev–Trinajstić information content (AvgIpc) is 2.33. The Morgan fingerprint density at radius 1 is 1.45 bits per heavy atom. The smallest absolute Gasteiger partial charge is 0.138 e. The Kier molecular flexibility index (Phi) is 1.12. The van der Waals surface area contributed by atoms with Crippen LogP contribution in [-0.4, -0.2) is 9.38 Å². The fraction of sp³-hybridized carbons (Fsp3) is 0.125. The Bertz CT molecular complexity index is 389. The third-order valence-electron chi connectivity index (χ3n) is 1.68. The molecule has 0 amide bonds. The van der Waals surface area contributed by atoms with Crippen molar-refractivity contribution < 1.29 is 0 Å². The van der Waals surface area contributed by atoms with Crippen molar-refractivity contribution in [3.05, 3.63) is 30.1 Å². The molecule has 3 nitrogen and oxygen atoms in total. The lowest BCUT2D eigenvalue weighted by Gasteiger charge is -1.96. The highest BCUT2D eigenvalue weighted by molar-refractivity contribution is 5.48. The number of fused-ring (bicyclic) bond motifs is 1. The van der Waals surface area contributed by atoms with Gasteiger partial charge < -0.3 is 5.73 Å². The van der Waals surface area contributed by atoms with Crippen LogP contribution in [0.15, 0.2) is 24.5 Å². The van der Waals surface area contributed by atoms with Crippen LogP contribution in [0.2, 0.25) is 0 Å². The molecule has 2 aromatic rings. The van der Waals surface area contributed by atoms with E-state index in [0.29, 0.717) is 5.82 Å². The lowest BCUT2D eigenvalue weighted by molar-refractivity contribution is 1.16. The Morgan fingerprint density at radius 3 is 3.09 bits per heavy atom. The van der Waals surface area contributed by atoms with Crippen LogP contribution in [0, 0.1) is 6.92 Å². The van der Waals surface area contributed by atoms with Crippen molar-refractivity contribution in [3.8, 4) is 0 Å². The molecule has 0 fully saturated rings. The van der Waals surface area contributed by atoms with Crippen molar-refractivity contribution in [2.24, 2.45) is 0 Å². The minimum atomic E-state index is 0.684. The third-order valence-corrected chi connectivity index (χ3v) is 1.68. The van der Waals surface area contributed by atoms with Gasteiger partial charge in [-0.25, -0.2) is 4.98 Å². The second-order valence-electron chi connectivity index (χ2n) is 2.62. The van der Waals surface area contributed by atoms with E-state index in [4.69, 9.17) is 5.73 Å².